The van der Waals surface area contributed by atoms with Gasteiger partial charge in [-0.1, -0.05) is 11.6 Å². The first kappa shape index (κ1) is 17.7. The summed E-state index contributed by atoms with van der Waals surface area (Å²) in [5, 5.41) is 21.0. The van der Waals surface area contributed by atoms with Crippen LogP contribution in [0, 0.1) is 0 Å². The van der Waals surface area contributed by atoms with Gasteiger partial charge in [0.15, 0.2) is 0 Å². The van der Waals surface area contributed by atoms with Crippen molar-refractivity contribution in [3.63, 3.8) is 0 Å². The van der Waals surface area contributed by atoms with Gasteiger partial charge in [0, 0.05) is 24.5 Å². The highest BCUT2D eigenvalue weighted by Crippen LogP contribution is 2.22. The van der Waals surface area contributed by atoms with E-state index in [9.17, 15) is 4.79 Å². The Labute approximate surface area is 129 Å². The second kappa shape index (κ2) is 9.57. The number of nitrogens with two attached hydrogens (primary N) is 1. The van der Waals surface area contributed by atoms with Crippen LogP contribution in [0.2, 0.25) is 5.02 Å². The van der Waals surface area contributed by atoms with E-state index in [1.807, 2.05) is 4.90 Å². The lowest BCUT2D eigenvalue weighted by atomic mass is 10.2. The number of hydrogen-bond acceptors (Lipinski definition) is 5. The third-order valence-corrected chi connectivity index (χ3v) is 3.23. The molecule has 0 aliphatic heterocycles. The quantitative estimate of drug-likeness (QED) is 0.508. The molecule has 6 nitrogen and oxygen atoms in total. The number of nitrogens with one attached hydrogen (secondary N) is 1. The zero-order chi connectivity index (χ0) is 15.7. The zero-order valence-corrected chi connectivity index (χ0v) is 12.6. The number of anilines is 2. The number of nitrogens with zero attached hydrogens (tertiary/aromatic N) is 1. The van der Waals surface area contributed by atoms with Gasteiger partial charge in [0.25, 0.3) is 0 Å². The molecule has 5 N–H and O–H groups in total. The number of rotatable bonds is 9. The maximum absolute atomic E-state index is 11.8. The highest BCUT2D eigenvalue weighted by Gasteiger charge is 2.08. The van der Waals surface area contributed by atoms with Crippen molar-refractivity contribution in [2.75, 3.05) is 43.9 Å². The Morgan fingerprint density at radius 3 is 2.48 bits per heavy atom. The van der Waals surface area contributed by atoms with Crippen molar-refractivity contribution in [1.82, 2.24) is 4.90 Å². The molecule has 0 unspecified atom stereocenters. The molecule has 0 fully saturated rings. The minimum absolute atomic E-state index is 0.0352. The van der Waals surface area contributed by atoms with E-state index >= 15 is 0 Å². The van der Waals surface area contributed by atoms with Crippen LogP contribution in [-0.2, 0) is 4.79 Å². The summed E-state index contributed by atoms with van der Waals surface area (Å²) >= 11 is 5.79. The summed E-state index contributed by atoms with van der Waals surface area (Å²) in [6.45, 7) is 1.70. The molecular weight excluding hydrogens is 294 g/mol. The lowest BCUT2D eigenvalue weighted by Gasteiger charge is -2.19. The molecule has 0 aliphatic carbocycles. The van der Waals surface area contributed by atoms with Gasteiger partial charge in [-0.05, 0) is 31.2 Å². The number of aliphatic hydroxyl groups is 2. The van der Waals surface area contributed by atoms with E-state index in [0.717, 1.165) is 0 Å². The molecule has 1 rings (SSSR count). The van der Waals surface area contributed by atoms with Crippen molar-refractivity contribution in [2.45, 2.75) is 12.8 Å². The molecule has 7 heteroatoms. The highest BCUT2D eigenvalue weighted by atomic mass is 35.5. The standard InChI is InChI=1S/C14H22ClN3O3/c15-11-3-4-13(12(16)10-11)17-14(21)2-1-5-18(6-8-19)7-9-20/h3-4,10,19-20H,1-2,5-9,16H2,(H,17,21). The van der Waals surface area contributed by atoms with Crippen LogP contribution < -0.4 is 11.1 Å². The molecule has 1 aromatic carbocycles. The fourth-order valence-electron chi connectivity index (χ4n) is 1.94. The van der Waals surface area contributed by atoms with Crippen LogP contribution in [0.3, 0.4) is 0 Å². The van der Waals surface area contributed by atoms with Crippen LogP contribution in [0.15, 0.2) is 18.2 Å². The van der Waals surface area contributed by atoms with Crippen molar-refractivity contribution in [1.29, 1.82) is 0 Å². The van der Waals surface area contributed by atoms with Crippen molar-refractivity contribution < 1.29 is 15.0 Å². The maximum Gasteiger partial charge on any atom is 0.224 e. The third-order valence-electron chi connectivity index (χ3n) is 3.00. The first-order valence-electron chi connectivity index (χ1n) is 6.85. The molecule has 1 amide bonds. The summed E-state index contributed by atoms with van der Waals surface area (Å²) in [5.74, 6) is -0.128. The molecule has 0 aliphatic rings. The number of carbonyl (C=O) groups is 1. The maximum atomic E-state index is 11.8. The first-order chi connectivity index (χ1) is 10.1. The second-order valence-electron chi connectivity index (χ2n) is 4.67. The average molecular weight is 316 g/mol. The van der Waals surface area contributed by atoms with E-state index < -0.39 is 0 Å². The van der Waals surface area contributed by atoms with Gasteiger partial charge < -0.3 is 21.3 Å². The van der Waals surface area contributed by atoms with E-state index in [1.165, 1.54) is 0 Å². The number of aliphatic hydroxyl groups excluding tert-OH is 2. The molecule has 0 aromatic heterocycles. The summed E-state index contributed by atoms with van der Waals surface area (Å²) in [7, 11) is 0. The topological polar surface area (TPSA) is 98.8 Å². The largest absolute Gasteiger partial charge is 0.397 e. The molecule has 0 saturated heterocycles. The fraction of sp³-hybridized carbons (Fsp3) is 0.500. The van der Waals surface area contributed by atoms with Crippen molar-refractivity contribution in [3.8, 4) is 0 Å². The normalized spacial score (nSPS) is 10.9. The smallest absolute Gasteiger partial charge is 0.224 e. The van der Waals surface area contributed by atoms with Gasteiger partial charge in [0.2, 0.25) is 5.91 Å². The zero-order valence-electron chi connectivity index (χ0n) is 11.9. The Balaban J connectivity index is 2.36. The lowest BCUT2D eigenvalue weighted by Crippen LogP contribution is -2.31. The minimum Gasteiger partial charge on any atom is -0.397 e. The Kier molecular flexibility index (Phi) is 8.07. The SMILES string of the molecule is Nc1cc(Cl)ccc1NC(=O)CCCN(CCO)CCO. The second-order valence-corrected chi connectivity index (χ2v) is 5.11. The number of nitrogen functional groups attached to an aromatic ring is 1. The predicted octanol–water partition coefficient (Wildman–Crippen LogP) is 0.927. The summed E-state index contributed by atoms with van der Waals surface area (Å²) < 4.78 is 0. The minimum atomic E-state index is -0.128. The summed E-state index contributed by atoms with van der Waals surface area (Å²) in [4.78, 5) is 13.7. The molecular formula is C14H22ClN3O3. The molecule has 118 valence electrons. The van der Waals surface area contributed by atoms with Crippen molar-refractivity contribution in [3.05, 3.63) is 23.2 Å². The van der Waals surface area contributed by atoms with Crippen LogP contribution in [0.5, 0.6) is 0 Å². The Bertz CT molecular complexity index is 451. The average Bonchev–Trinajstić information content (AvgIpc) is 2.42. The van der Waals surface area contributed by atoms with E-state index in [0.29, 0.717) is 48.9 Å². The fourth-order valence-corrected chi connectivity index (χ4v) is 2.12. The van der Waals surface area contributed by atoms with Gasteiger partial charge in [0.1, 0.15) is 0 Å². The Morgan fingerprint density at radius 2 is 1.90 bits per heavy atom. The number of hydrogen-bond donors (Lipinski definition) is 4. The Hall–Kier alpha value is -1.34. The molecule has 0 bridgehead atoms. The van der Waals surface area contributed by atoms with E-state index in [1.54, 1.807) is 18.2 Å². The summed E-state index contributed by atoms with van der Waals surface area (Å²) in [6.07, 6.45) is 0.981. The molecule has 0 heterocycles. The molecule has 21 heavy (non-hydrogen) atoms. The van der Waals surface area contributed by atoms with E-state index in [-0.39, 0.29) is 19.1 Å². The molecule has 0 radical (unpaired) electrons. The van der Waals surface area contributed by atoms with Gasteiger partial charge in [-0.25, -0.2) is 0 Å². The van der Waals surface area contributed by atoms with Gasteiger partial charge in [-0.3, -0.25) is 9.69 Å². The van der Waals surface area contributed by atoms with Crippen LogP contribution in [0.25, 0.3) is 0 Å². The number of halogens is 1. The molecule has 0 spiro atoms. The van der Waals surface area contributed by atoms with Gasteiger partial charge in [-0.15, -0.1) is 0 Å². The van der Waals surface area contributed by atoms with Crippen molar-refractivity contribution >= 4 is 28.9 Å². The molecule has 0 saturated carbocycles. The van der Waals surface area contributed by atoms with Gasteiger partial charge in [-0.2, -0.15) is 0 Å². The van der Waals surface area contributed by atoms with Gasteiger partial charge >= 0.3 is 0 Å². The monoisotopic (exact) mass is 315 g/mol. The van der Waals surface area contributed by atoms with Crippen LogP contribution in [0.1, 0.15) is 12.8 Å². The van der Waals surface area contributed by atoms with Crippen LogP contribution in [0.4, 0.5) is 11.4 Å². The number of benzene rings is 1. The van der Waals surface area contributed by atoms with Crippen LogP contribution in [-0.4, -0.2) is 53.9 Å². The third kappa shape index (κ3) is 6.77. The molecule has 0 atom stereocenters. The highest BCUT2D eigenvalue weighted by molar-refractivity contribution is 6.31. The predicted molar refractivity (Wildman–Crippen MR) is 84.3 cm³/mol. The Morgan fingerprint density at radius 1 is 1.24 bits per heavy atom. The number of carbonyl (C=O) groups excluding carboxylic acids is 1. The first-order valence-corrected chi connectivity index (χ1v) is 7.23. The summed E-state index contributed by atoms with van der Waals surface area (Å²) in [5.41, 5.74) is 6.74. The molecule has 1 aromatic rings. The summed E-state index contributed by atoms with van der Waals surface area (Å²) in [6, 6.07) is 4.92. The van der Waals surface area contributed by atoms with Gasteiger partial charge in [0.05, 0.1) is 24.6 Å². The lowest BCUT2D eigenvalue weighted by molar-refractivity contribution is -0.116. The van der Waals surface area contributed by atoms with Crippen LogP contribution >= 0.6 is 11.6 Å². The van der Waals surface area contributed by atoms with E-state index in [2.05, 4.69) is 5.32 Å². The van der Waals surface area contributed by atoms with Crippen molar-refractivity contribution in [2.24, 2.45) is 0 Å². The van der Waals surface area contributed by atoms with E-state index in [4.69, 9.17) is 27.5 Å². The number of amides is 1.